The standard InChI is InChI=1S/C10H15ClFN2O8P/c1-21-10(4-11,5-22-23(18,19)20)7(16)8(12)14-3-2-6(15)13-9(14)17/h2-3,7-8,16H,4-5H2,1H3,(H,13,15,17)(H2,18,19,20)/t7-,8-,10+/m0/s1. The van der Waals surface area contributed by atoms with Gasteiger partial charge in [0.05, 0.1) is 12.5 Å². The van der Waals surface area contributed by atoms with E-state index in [9.17, 15) is 23.7 Å². The molecule has 0 aliphatic carbocycles. The first-order chi connectivity index (χ1) is 10.6. The van der Waals surface area contributed by atoms with Gasteiger partial charge in [0.25, 0.3) is 5.56 Å². The van der Waals surface area contributed by atoms with Crippen LogP contribution in [0.1, 0.15) is 6.30 Å². The molecule has 0 saturated heterocycles. The molecular formula is C10H15ClFN2O8P. The molecule has 0 fully saturated rings. The van der Waals surface area contributed by atoms with Gasteiger partial charge in [-0.3, -0.25) is 18.9 Å². The topological polar surface area (TPSA) is 151 Å². The average Bonchev–Trinajstić information content (AvgIpc) is 2.47. The van der Waals surface area contributed by atoms with Crippen molar-refractivity contribution in [1.29, 1.82) is 0 Å². The Bertz CT molecular complexity index is 684. The summed E-state index contributed by atoms with van der Waals surface area (Å²) in [4.78, 5) is 41.7. The summed E-state index contributed by atoms with van der Waals surface area (Å²) in [5.74, 6) is -0.608. The van der Waals surface area contributed by atoms with Crippen LogP contribution < -0.4 is 11.2 Å². The third-order valence-corrected chi connectivity index (χ3v) is 3.94. The van der Waals surface area contributed by atoms with Gasteiger partial charge < -0.3 is 19.6 Å². The van der Waals surface area contributed by atoms with Gasteiger partial charge in [0.2, 0.25) is 6.30 Å². The first kappa shape index (κ1) is 20.0. The molecular weight excluding hydrogens is 362 g/mol. The van der Waals surface area contributed by atoms with Crippen LogP contribution in [0.3, 0.4) is 0 Å². The van der Waals surface area contributed by atoms with Gasteiger partial charge in [-0.15, -0.1) is 11.6 Å². The summed E-state index contributed by atoms with van der Waals surface area (Å²) < 4.78 is 34.6. The Labute approximate surface area is 133 Å². The number of halogens is 2. The molecule has 4 N–H and O–H groups in total. The van der Waals surface area contributed by atoms with Crippen molar-refractivity contribution in [3.63, 3.8) is 0 Å². The van der Waals surface area contributed by atoms with Crippen molar-refractivity contribution in [2.24, 2.45) is 0 Å². The van der Waals surface area contributed by atoms with Gasteiger partial charge in [0.1, 0.15) is 11.7 Å². The number of phosphoric acid groups is 1. The Morgan fingerprint density at radius 2 is 2.13 bits per heavy atom. The molecule has 10 nitrogen and oxygen atoms in total. The van der Waals surface area contributed by atoms with E-state index in [1.54, 1.807) is 4.98 Å². The number of hydrogen-bond acceptors (Lipinski definition) is 6. The molecule has 0 aliphatic rings. The van der Waals surface area contributed by atoms with Crippen molar-refractivity contribution in [3.05, 3.63) is 33.1 Å². The predicted molar refractivity (Wildman–Crippen MR) is 75.9 cm³/mol. The smallest absolute Gasteiger partial charge is 0.385 e. The number of aliphatic hydroxyl groups is 1. The summed E-state index contributed by atoms with van der Waals surface area (Å²) in [6, 6.07) is 0.849. The highest BCUT2D eigenvalue weighted by Crippen LogP contribution is 2.39. The van der Waals surface area contributed by atoms with E-state index in [1.807, 2.05) is 0 Å². The van der Waals surface area contributed by atoms with Gasteiger partial charge in [-0.25, -0.2) is 13.8 Å². The molecule has 1 aromatic heterocycles. The molecule has 0 radical (unpaired) electrons. The maximum atomic E-state index is 14.4. The van der Waals surface area contributed by atoms with E-state index in [-0.39, 0.29) is 0 Å². The maximum Gasteiger partial charge on any atom is 0.469 e. The minimum absolute atomic E-state index is 0.365. The van der Waals surface area contributed by atoms with Crippen molar-refractivity contribution in [3.8, 4) is 0 Å². The fourth-order valence-electron chi connectivity index (χ4n) is 1.65. The number of H-pyrrole nitrogens is 1. The van der Waals surface area contributed by atoms with Crippen LogP contribution in [0, 0.1) is 0 Å². The van der Waals surface area contributed by atoms with Crippen LogP contribution in [0.15, 0.2) is 21.9 Å². The van der Waals surface area contributed by atoms with E-state index in [1.165, 1.54) is 0 Å². The lowest BCUT2D eigenvalue weighted by atomic mass is 9.98. The van der Waals surface area contributed by atoms with Crippen LogP contribution in [0.5, 0.6) is 0 Å². The highest BCUT2D eigenvalue weighted by atomic mass is 35.5. The third-order valence-electron chi connectivity index (χ3n) is 3.03. The SMILES string of the molecule is CO[C@](CCl)(COP(=O)(O)O)[C@@H](O)[C@@H](F)n1ccc(=O)[nH]c1=O. The molecule has 0 bridgehead atoms. The largest absolute Gasteiger partial charge is 0.469 e. The number of methoxy groups -OCH3 is 1. The first-order valence-electron chi connectivity index (χ1n) is 6.01. The third kappa shape index (κ3) is 4.95. The van der Waals surface area contributed by atoms with Crippen LogP contribution >= 0.6 is 19.4 Å². The van der Waals surface area contributed by atoms with Crippen molar-refractivity contribution in [1.82, 2.24) is 9.55 Å². The summed E-state index contributed by atoms with van der Waals surface area (Å²) in [5, 5.41) is 10.1. The molecule has 1 heterocycles. The Morgan fingerprint density at radius 3 is 2.57 bits per heavy atom. The summed E-state index contributed by atoms with van der Waals surface area (Å²) in [6.07, 6.45) is -3.77. The van der Waals surface area contributed by atoms with E-state index < -0.39 is 49.6 Å². The van der Waals surface area contributed by atoms with Crippen LogP contribution in [0.25, 0.3) is 0 Å². The van der Waals surface area contributed by atoms with Crippen LogP contribution in [-0.4, -0.2) is 55.7 Å². The first-order valence-corrected chi connectivity index (χ1v) is 8.07. The molecule has 132 valence electrons. The second-order valence-corrected chi connectivity index (χ2v) is 6.01. The average molecular weight is 377 g/mol. The van der Waals surface area contributed by atoms with Crippen molar-refractivity contribution < 1.29 is 33.1 Å². The Hall–Kier alpha value is -1.07. The number of ether oxygens (including phenoxy) is 1. The number of rotatable bonds is 8. The number of aromatic amines is 1. The number of aromatic nitrogens is 2. The van der Waals surface area contributed by atoms with E-state index in [2.05, 4.69) is 4.52 Å². The molecule has 0 aromatic carbocycles. The molecule has 0 amide bonds. The van der Waals surface area contributed by atoms with Crippen molar-refractivity contribution in [2.45, 2.75) is 18.0 Å². The second kappa shape index (κ2) is 7.67. The quantitative estimate of drug-likeness (QED) is 0.336. The Morgan fingerprint density at radius 1 is 1.52 bits per heavy atom. The van der Waals surface area contributed by atoms with E-state index >= 15 is 0 Å². The van der Waals surface area contributed by atoms with E-state index in [0.29, 0.717) is 4.57 Å². The molecule has 13 heteroatoms. The fourth-order valence-corrected chi connectivity index (χ4v) is 2.39. The predicted octanol–water partition coefficient (Wildman–Crippen LogP) is -0.901. The number of aliphatic hydroxyl groups excluding tert-OH is 1. The normalized spacial score (nSPS) is 17.5. The zero-order valence-electron chi connectivity index (χ0n) is 11.8. The number of nitrogens with one attached hydrogen (secondary N) is 1. The summed E-state index contributed by atoms with van der Waals surface area (Å²) in [6.45, 7) is -0.947. The molecule has 1 rings (SSSR count). The minimum Gasteiger partial charge on any atom is -0.385 e. The van der Waals surface area contributed by atoms with Crippen LogP contribution in [0.4, 0.5) is 4.39 Å². The van der Waals surface area contributed by atoms with Gasteiger partial charge in [-0.1, -0.05) is 0 Å². The molecule has 0 saturated carbocycles. The zero-order valence-corrected chi connectivity index (χ0v) is 13.4. The highest BCUT2D eigenvalue weighted by Gasteiger charge is 2.45. The lowest BCUT2D eigenvalue weighted by Gasteiger charge is -2.36. The van der Waals surface area contributed by atoms with Gasteiger partial charge >= 0.3 is 13.5 Å². The molecule has 0 aliphatic heterocycles. The number of hydrogen-bond donors (Lipinski definition) is 4. The van der Waals surface area contributed by atoms with Crippen molar-refractivity contribution in [2.75, 3.05) is 19.6 Å². The Balaban J connectivity index is 3.13. The van der Waals surface area contributed by atoms with Gasteiger partial charge in [0, 0.05) is 19.4 Å². The summed E-state index contributed by atoms with van der Waals surface area (Å²) in [5.41, 5.74) is -3.97. The molecule has 23 heavy (non-hydrogen) atoms. The summed E-state index contributed by atoms with van der Waals surface area (Å²) in [7, 11) is -3.92. The van der Waals surface area contributed by atoms with E-state index in [4.69, 9.17) is 26.1 Å². The van der Waals surface area contributed by atoms with Gasteiger partial charge in [-0.2, -0.15) is 0 Å². The van der Waals surface area contributed by atoms with Gasteiger partial charge in [0.15, 0.2) is 0 Å². The maximum absolute atomic E-state index is 14.4. The number of nitrogens with zero attached hydrogens (tertiary/aromatic N) is 1. The summed E-state index contributed by atoms with van der Waals surface area (Å²) >= 11 is 5.61. The fraction of sp³-hybridized carbons (Fsp3) is 0.600. The zero-order chi connectivity index (χ0) is 17.8. The van der Waals surface area contributed by atoms with Crippen molar-refractivity contribution >= 4 is 19.4 Å². The number of alkyl halides is 2. The lowest BCUT2D eigenvalue weighted by molar-refractivity contribution is -0.149. The Kier molecular flexibility index (Phi) is 6.66. The van der Waals surface area contributed by atoms with E-state index in [0.717, 1.165) is 19.4 Å². The molecule has 1 aromatic rings. The molecule has 0 unspecified atom stereocenters. The molecule has 3 atom stereocenters. The van der Waals surface area contributed by atoms with Crippen LogP contribution in [-0.2, 0) is 13.8 Å². The second-order valence-electron chi connectivity index (χ2n) is 4.50. The lowest BCUT2D eigenvalue weighted by Crippen LogP contribution is -2.54. The van der Waals surface area contributed by atoms with Crippen LogP contribution in [0.2, 0.25) is 0 Å². The molecule has 0 spiro atoms. The highest BCUT2D eigenvalue weighted by molar-refractivity contribution is 7.46. The number of phosphoric ester groups is 1. The van der Waals surface area contributed by atoms with Gasteiger partial charge in [-0.05, 0) is 0 Å². The minimum atomic E-state index is -4.93. The monoisotopic (exact) mass is 376 g/mol.